The van der Waals surface area contributed by atoms with Gasteiger partial charge in [-0.3, -0.25) is 4.79 Å². The van der Waals surface area contributed by atoms with Crippen molar-refractivity contribution in [1.29, 1.82) is 0 Å². The van der Waals surface area contributed by atoms with E-state index in [1.54, 1.807) is 12.1 Å². The molecule has 2 nitrogen and oxygen atoms in total. The summed E-state index contributed by atoms with van der Waals surface area (Å²) in [4.78, 5) is 10.8. The number of rotatable bonds is 1. The standard InChI is InChI=1S/C13H16O2Si/c1-11(14)15-13-7-5-6-12(10-13)8-9-16(2,3)4/h5-7,10H,1-4H3. The van der Waals surface area contributed by atoms with Crippen LogP contribution in [0.3, 0.4) is 0 Å². The predicted octanol–water partition coefficient (Wildman–Crippen LogP) is 2.84. The zero-order valence-corrected chi connectivity index (χ0v) is 11.1. The maximum atomic E-state index is 10.8. The molecule has 0 aliphatic rings. The first-order valence-electron chi connectivity index (χ1n) is 5.18. The van der Waals surface area contributed by atoms with Crippen LogP contribution in [0, 0.1) is 11.5 Å². The van der Waals surface area contributed by atoms with Gasteiger partial charge in [-0.15, -0.1) is 5.54 Å². The first kappa shape index (κ1) is 12.5. The Morgan fingerprint density at radius 2 is 2.00 bits per heavy atom. The molecule has 84 valence electrons. The first-order valence-corrected chi connectivity index (χ1v) is 8.68. The Morgan fingerprint density at radius 1 is 1.31 bits per heavy atom. The van der Waals surface area contributed by atoms with Crippen molar-refractivity contribution >= 4 is 14.0 Å². The van der Waals surface area contributed by atoms with Crippen molar-refractivity contribution in [2.75, 3.05) is 0 Å². The van der Waals surface area contributed by atoms with Crippen molar-refractivity contribution < 1.29 is 9.53 Å². The molecule has 1 aromatic carbocycles. The van der Waals surface area contributed by atoms with Crippen LogP contribution in [0.25, 0.3) is 0 Å². The zero-order valence-electron chi connectivity index (χ0n) is 10.1. The van der Waals surface area contributed by atoms with Crippen LogP contribution in [-0.4, -0.2) is 14.0 Å². The number of benzene rings is 1. The Bertz CT molecular complexity index is 447. The lowest BCUT2D eigenvalue weighted by atomic mass is 10.2. The third-order valence-electron chi connectivity index (χ3n) is 1.68. The normalized spacial score (nSPS) is 10.2. The Kier molecular flexibility index (Phi) is 3.91. The Balaban J connectivity index is 2.89. The van der Waals surface area contributed by atoms with Crippen molar-refractivity contribution in [3.63, 3.8) is 0 Å². The molecule has 0 N–H and O–H groups in total. The van der Waals surface area contributed by atoms with Crippen molar-refractivity contribution in [3.8, 4) is 17.2 Å². The molecule has 16 heavy (non-hydrogen) atoms. The summed E-state index contributed by atoms with van der Waals surface area (Å²) in [5.74, 6) is 3.36. The van der Waals surface area contributed by atoms with Crippen LogP contribution in [0.1, 0.15) is 12.5 Å². The maximum absolute atomic E-state index is 10.8. The predicted molar refractivity (Wildman–Crippen MR) is 68.0 cm³/mol. The highest BCUT2D eigenvalue weighted by Crippen LogP contribution is 2.12. The van der Waals surface area contributed by atoms with E-state index in [0.29, 0.717) is 5.75 Å². The van der Waals surface area contributed by atoms with Gasteiger partial charge in [0.05, 0.1) is 0 Å². The van der Waals surface area contributed by atoms with Crippen LogP contribution < -0.4 is 4.74 Å². The Morgan fingerprint density at radius 3 is 2.56 bits per heavy atom. The van der Waals surface area contributed by atoms with Gasteiger partial charge in [-0.25, -0.2) is 0 Å². The minimum absolute atomic E-state index is 0.310. The van der Waals surface area contributed by atoms with Crippen LogP contribution in [-0.2, 0) is 4.79 Å². The van der Waals surface area contributed by atoms with Gasteiger partial charge in [0.2, 0.25) is 0 Å². The van der Waals surface area contributed by atoms with Gasteiger partial charge in [-0.05, 0) is 18.2 Å². The second-order valence-corrected chi connectivity index (χ2v) is 9.37. The van der Waals surface area contributed by atoms with Crippen LogP contribution in [0.15, 0.2) is 24.3 Å². The number of carbonyl (C=O) groups excluding carboxylic acids is 1. The molecule has 0 spiro atoms. The number of hydrogen-bond acceptors (Lipinski definition) is 2. The Hall–Kier alpha value is -1.53. The molecular formula is C13H16O2Si. The van der Waals surface area contributed by atoms with Crippen LogP contribution in [0.2, 0.25) is 19.6 Å². The summed E-state index contributed by atoms with van der Waals surface area (Å²) in [5, 5.41) is 0. The number of carbonyl (C=O) groups is 1. The van der Waals surface area contributed by atoms with Gasteiger partial charge in [0.25, 0.3) is 0 Å². The minimum Gasteiger partial charge on any atom is -0.427 e. The largest absolute Gasteiger partial charge is 0.427 e. The second kappa shape index (κ2) is 5.00. The van der Waals surface area contributed by atoms with E-state index in [9.17, 15) is 4.79 Å². The highest BCUT2D eigenvalue weighted by atomic mass is 28.3. The molecule has 1 aromatic rings. The molecule has 0 aliphatic carbocycles. The summed E-state index contributed by atoms with van der Waals surface area (Å²) in [7, 11) is -1.36. The molecule has 0 saturated carbocycles. The van der Waals surface area contributed by atoms with Gasteiger partial charge in [-0.1, -0.05) is 31.6 Å². The summed E-state index contributed by atoms with van der Waals surface area (Å²) < 4.78 is 4.99. The molecule has 0 bridgehead atoms. The quantitative estimate of drug-likeness (QED) is 0.322. The molecule has 0 radical (unpaired) electrons. The molecule has 0 amide bonds. The molecule has 0 unspecified atom stereocenters. The summed E-state index contributed by atoms with van der Waals surface area (Å²) >= 11 is 0. The lowest BCUT2D eigenvalue weighted by Crippen LogP contribution is -2.16. The third-order valence-corrected chi connectivity index (χ3v) is 2.55. The lowest BCUT2D eigenvalue weighted by Gasteiger charge is -2.04. The van der Waals surface area contributed by atoms with Crippen molar-refractivity contribution in [1.82, 2.24) is 0 Å². The fraction of sp³-hybridized carbons (Fsp3) is 0.308. The van der Waals surface area contributed by atoms with Crippen LogP contribution in [0.4, 0.5) is 0 Å². The van der Waals surface area contributed by atoms with Gasteiger partial charge in [0.1, 0.15) is 13.8 Å². The smallest absolute Gasteiger partial charge is 0.308 e. The monoisotopic (exact) mass is 232 g/mol. The molecule has 0 aromatic heterocycles. The van der Waals surface area contributed by atoms with E-state index < -0.39 is 8.07 Å². The fourth-order valence-electron chi connectivity index (χ4n) is 1.06. The number of hydrogen-bond donors (Lipinski definition) is 0. The van der Waals surface area contributed by atoms with Gasteiger partial charge in [0, 0.05) is 12.5 Å². The SMILES string of the molecule is CC(=O)Oc1cccc(C#C[Si](C)(C)C)c1. The summed E-state index contributed by atoms with van der Waals surface area (Å²) in [6.07, 6.45) is 0. The van der Waals surface area contributed by atoms with E-state index in [4.69, 9.17) is 4.74 Å². The van der Waals surface area contributed by atoms with E-state index in [1.165, 1.54) is 6.92 Å². The van der Waals surface area contributed by atoms with E-state index in [2.05, 4.69) is 31.1 Å². The van der Waals surface area contributed by atoms with Crippen LogP contribution >= 0.6 is 0 Å². The molecular weight excluding hydrogens is 216 g/mol. The minimum atomic E-state index is -1.36. The molecule has 0 heterocycles. The molecule has 0 fully saturated rings. The topological polar surface area (TPSA) is 26.3 Å². The average Bonchev–Trinajstić information content (AvgIpc) is 2.13. The summed E-state index contributed by atoms with van der Waals surface area (Å²) in [6.45, 7) is 7.96. The Labute approximate surface area is 97.6 Å². The van der Waals surface area contributed by atoms with Crippen molar-refractivity contribution in [2.45, 2.75) is 26.6 Å². The van der Waals surface area contributed by atoms with E-state index in [-0.39, 0.29) is 5.97 Å². The van der Waals surface area contributed by atoms with Gasteiger partial charge in [-0.2, -0.15) is 0 Å². The highest BCUT2D eigenvalue weighted by molar-refractivity contribution is 6.83. The van der Waals surface area contributed by atoms with Gasteiger partial charge < -0.3 is 4.74 Å². The van der Waals surface area contributed by atoms with E-state index >= 15 is 0 Å². The molecule has 0 atom stereocenters. The average molecular weight is 232 g/mol. The lowest BCUT2D eigenvalue weighted by molar-refractivity contribution is -0.131. The third kappa shape index (κ3) is 4.81. The maximum Gasteiger partial charge on any atom is 0.308 e. The highest BCUT2D eigenvalue weighted by Gasteiger charge is 2.07. The second-order valence-electron chi connectivity index (χ2n) is 4.62. The molecule has 3 heteroatoms. The number of esters is 1. The fourth-order valence-corrected chi connectivity index (χ4v) is 1.58. The summed E-state index contributed by atoms with van der Waals surface area (Å²) in [5.41, 5.74) is 4.16. The van der Waals surface area contributed by atoms with Crippen molar-refractivity contribution in [3.05, 3.63) is 29.8 Å². The summed E-state index contributed by atoms with van der Waals surface area (Å²) in [6, 6.07) is 7.29. The van der Waals surface area contributed by atoms with E-state index in [0.717, 1.165) is 5.56 Å². The number of ether oxygens (including phenoxy) is 1. The molecule has 1 rings (SSSR count). The van der Waals surface area contributed by atoms with Crippen LogP contribution in [0.5, 0.6) is 5.75 Å². The van der Waals surface area contributed by atoms with Gasteiger partial charge >= 0.3 is 5.97 Å². The first-order chi connectivity index (χ1) is 7.37. The molecule has 0 saturated heterocycles. The molecule has 0 aliphatic heterocycles. The zero-order chi connectivity index (χ0) is 12.2. The van der Waals surface area contributed by atoms with E-state index in [1.807, 2.05) is 12.1 Å². The van der Waals surface area contributed by atoms with Crippen molar-refractivity contribution in [2.24, 2.45) is 0 Å². The van der Waals surface area contributed by atoms with Gasteiger partial charge in [0.15, 0.2) is 0 Å².